The van der Waals surface area contributed by atoms with Gasteiger partial charge in [-0.3, -0.25) is 9.59 Å². The number of phenolic OH excluding ortho intramolecular Hbond substituents is 1. The summed E-state index contributed by atoms with van der Waals surface area (Å²) in [5.41, 5.74) is 3.00. The Morgan fingerprint density at radius 2 is 1.69 bits per heavy atom. The lowest BCUT2D eigenvalue weighted by Crippen LogP contribution is -2.48. The highest BCUT2D eigenvalue weighted by atomic mass is 16.6. The summed E-state index contributed by atoms with van der Waals surface area (Å²) in [6.45, 7) is 12.5. The van der Waals surface area contributed by atoms with Gasteiger partial charge in [0.1, 0.15) is 23.9 Å². The number of phenols is 1. The molecule has 0 spiro atoms. The number of amides is 3. The van der Waals surface area contributed by atoms with Crippen LogP contribution in [0.5, 0.6) is 5.75 Å². The second-order valence-electron chi connectivity index (χ2n) is 10.6. The first kappa shape index (κ1) is 27.0. The zero-order chi connectivity index (χ0) is 26.8. The molecule has 1 aliphatic rings. The van der Waals surface area contributed by atoms with Gasteiger partial charge in [-0.2, -0.15) is 0 Å². The number of aryl methyl sites for hydroxylation is 3. The van der Waals surface area contributed by atoms with Crippen LogP contribution >= 0.6 is 0 Å². The normalized spacial score (nSPS) is 17.6. The number of nitrogens with one attached hydrogen (secondary N) is 2. The van der Waals surface area contributed by atoms with Crippen molar-refractivity contribution in [2.75, 3.05) is 11.9 Å². The van der Waals surface area contributed by atoms with E-state index < -0.39 is 17.7 Å². The lowest BCUT2D eigenvalue weighted by atomic mass is 10.00. The quantitative estimate of drug-likeness (QED) is 0.513. The van der Waals surface area contributed by atoms with Crippen LogP contribution in [0.15, 0.2) is 36.4 Å². The van der Waals surface area contributed by atoms with E-state index in [-0.39, 0.29) is 36.1 Å². The number of carbonyl (C=O) groups is 3. The second-order valence-corrected chi connectivity index (χ2v) is 10.6. The van der Waals surface area contributed by atoms with Crippen molar-refractivity contribution in [3.63, 3.8) is 0 Å². The van der Waals surface area contributed by atoms with E-state index >= 15 is 0 Å². The van der Waals surface area contributed by atoms with Crippen LogP contribution in [0, 0.1) is 26.7 Å². The third-order valence-electron chi connectivity index (χ3n) is 6.29. The van der Waals surface area contributed by atoms with Crippen LogP contribution in [-0.2, 0) is 14.3 Å². The van der Waals surface area contributed by atoms with E-state index in [9.17, 15) is 19.5 Å². The minimum absolute atomic E-state index is 0.108. The zero-order valence-electron chi connectivity index (χ0n) is 22.1. The minimum atomic E-state index is -0.953. The minimum Gasteiger partial charge on any atom is -0.508 e. The lowest BCUT2D eigenvalue weighted by molar-refractivity contribution is -0.139. The van der Waals surface area contributed by atoms with Gasteiger partial charge < -0.3 is 25.4 Å². The average Bonchev–Trinajstić information content (AvgIpc) is 3.49. The third-order valence-corrected chi connectivity index (χ3v) is 6.29. The summed E-state index contributed by atoms with van der Waals surface area (Å²) in [7, 11) is 0. The maximum Gasteiger partial charge on any atom is 0.408 e. The number of carbonyl (C=O) groups excluding carboxylic acids is 3. The van der Waals surface area contributed by atoms with Crippen molar-refractivity contribution in [2.24, 2.45) is 5.92 Å². The highest BCUT2D eigenvalue weighted by Crippen LogP contribution is 2.41. The van der Waals surface area contributed by atoms with Crippen LogP contribution in [0.3, 0.4) is 0 Å². The smallest absolute Gasteiger partial charge is 0.408 e. The Kier molecular flexibility index (Phi) is 7.96. The Morgan fingerprint density at radius 1 is 1.08 bits per heavy atom. The molecule has 0 aliphatic heterocycles. The van der Waals surface area contributed by atoms with Crippen molar-refractivity contribution in [3.05, 3.63) is 58.7 Å². The maximum atomic E-state index is 13.8. The Labute approximate surface area is 213 Å². The molecule has 0 saturated heterocycles. The van der Waals surface area contributed by atoms with Crippen molar-refractivity contribution in [3.8, 4) is 5.75 Å². The predicted molar refractivity (Wildman–Crippen MR) is 139 cm³/mol. The summed E-state index contributed by atoms with van der Waals surface area (Å²) >= 11 is 0. The summed E-state index contributed by atoms with van der Waals surface area (Å²) in [5.74, 6) is -0.425. The van der Waals surface area contributed by atoms with E-state index in [2.05, 4.69) is 10.6 Å². The van der Waals surface area contributed by atoms with E-state index in [4.69, 9.17) is 4.74 Å². The molecular formula is C28H37N3O5. The molecule has 3 rings (SSSR count). The molecule has 3 unspecified atom stereocenters. The number of nitrogens with zero attached hydrogens (tertiary/aromatic N) is 1. The summed E-state index contributed by atoms with van der Waals surface area (Å²) in [4.78, 5) is 41.1. The van der Waals surface area contributed by atoms with E-state index in [1.54, 1.807) is 44.7 Å². The average molecular weight is 496 g/mol. The summed E-state index contributed by atoms with van der Waals surface area (Å²) in [6, 6.07) is 9.56. The van der Waals surface area contributed by atoms with Crippen LogP contribution < -0.4 is 10.6 Å². The Balaban J connectivity index is 1.96. The van der Waals surface area contributed by atoms with Gasteiger partial charge in [-0.25, -0.2) is 4.79 Å². The summed E-state index contributed by atoms with van der Waals surface area (Å²) in [5, 5.41) is 15.6. The van der Waals surface area contributed by atoms with Crippen molar-refractivity contribution >= 4 is 23.6 Å². The fourth-order valence-corrected chi connectivity index (χ4v) is 4.25. The largest absolute Gasteiger partial charge is 0.508 e. The first-order valence-corrected chi connectivity index (χ1v) is 12.2. The predicted octanol–water partition coefficient (Wildman–Crippen LogP) is 4.76. The van der Waals surface area contributed by atoms with Gasteiger partial charge in [0, 0.05) is 11.7 Å². The number of hydrogen-bond acceptors (Lipinski definition) is 5. The van der Waals surface area contributed by atoms with Crippen LogP contribution in [-0.4, -0.2) is 46.1 Å². The van der Waals surface area contributed by atoms with Gasteiger partial charge in [0.25, 0.3) is 5.91 Å². The molecule has 0 heterocycles. The van der Waals surface area contributed by atoms with Gasteiger partial charge in [-0.05, 0) is 88.3 Å². The Hall–Kier alpha value is -3.55. The summed E-state index contributed by atoms with van der Waals surface area (Å²) in [6.07, 6.45) is 0.0549. The number of alkyl carbamates (subject to hydrolysis) is 1. The van der Waals surface area contributed by atoms with Gasteiger partial charge in [-0.1, -0.05) is 31.2 Å². The number of ether oxygens (including phenoxy) is 1. The van der Waals surface area contributed by atoms with E-state index in [0.29, 0.717) is 16.8 Å². The molecule has 2 aromatic rings. The maximum absolute atomic E-state index is 13.8. The molecule has 0 aromatic heterocycles. The van der Waals surface area contributed by atoms with E-state index in [0.717, 1.165) is 17.5 Å². The number of aromatic hydroxyl groups is 1. The third kappa shape index (κ3) is 6.56. The standard InChI is InChI=1S/C28H37N3O5/c1-16-9-8-10-17(2)24(16)30-26(34)25(20-11-12-22(32)19(4)13-20)31(21-14-18(21)3)23(33)15-29-27(35)36-28(5,6)7/h8-13,18,21,25,32H,14-15H2,1-7H3,(H,29,35)(H,30,34). The van der Waals surface area contributed by atoms with E-state index in [1.807, 2.05) is 39.0 Å². The summed E-state index contributed by atoms with van der Waals surface area (Å²) < 4.78 is 5.26. The monoisotopic (exact) mass is 495 g/mol. The molecule has 1 saturated carbocycles. The van der Waals surface area contributed by atoms with Gasteiger partial charge in [-0.15, -0.1) is 0 Å². The number of benzene rings is 2. The molecule has 2 aromatic carbocycles. The molecule has 36 heavy (non-hydrogen) atoms. The molecule has 3 atom stereocenters. The lowest BCUT2D eigenvalue weighted by Gasteiger charge is -2.33. The van der Waals surface area contributed by atoms with Crippen LogP contribution in [0.2, 0.25) is 0 Å². The second kappa shape index (κ2) is 10.6. The molecule has 1 fully saturated rings. The fraction of sp³-hybridized carbons (Fsp3) is 0.464. The van der Waals surface area contributed by atoms with Crippen molar-refractivity contribution < 1.29 is 24.2 Å². The van der Waals surface area contributed by atoms with Crippen LogP contribution in [0.1, 0.15) is 62.4 Å². The first-order chi connectivity index (χ1) is 16.8. The van der Waals surface area contributed by atoms with Gasteiger partial charge in [0.15, 0.2) is 0 Å². The van der Waals surface area contributed by atoms with Crippen molar-refractivity contribution in [1.82, 2.24) is 10.2 Å². The molecule has 1 aliphatic carbocycles. The van der Waals surface area contributed by atoms with Crippen LogP contribution in [0.4, 0.5) is 10.5 Å². The van der Waals surface area contributed by atoms with Gasteiger partial charge >= 0.3 is 6.09 Å². The van der Waals surface area contributed by atoms with Crippen molar-refractivity contribution in [1.29, 1.82) is 0 Å². The molecular weight excluding hydrogens is 458 g/mol. The molecule has 8 nitrogen and oxygen atoms in total. The molecule has 194 valence electrons. The number of para-hydroxylation sites is 1. The molecule has 3 amide bonds. The number of rotatable bonds is 7. The molecule has 3 N–H and O–H groups in total. The molecule has 8 heteroatoms. The highest BCUT2D eigenvalue weighted by molar-refractivity contribution is 5.99. The highest BCUT2D eigenvalue weighted by Gasteiger charge is 2.46. The molecule has 0 bridgehead atoms. The van der Waals surface area contributed by atoms with Gasteiger partial charge in [0.05, 0.1) is 0 Å². The first-order valence-electron chi connectivity index (χ1n) is 12.2. The zero-order valence-corrected chi connectivity index (χ0v) is 22.1. The Morgan fingerprint density at radius 3 is 2.22 bits per heavy atom. The number of anilines is 1. The van der Waals surface area contributed by atoms with Gasteiger partial charge in [0.2, 0.25) is 5.91 Å². The van der Waals surface area contributed by atoms with Crippen molar-refractivity contribution in [2.45, 2.75) is 72.6 Å². The number of hydrogen-bond donors (Lipinski definition) is 3. The van der Waals surface area contributed by atoms with Crippen LogP contribution in [0.25, 0.3) is 0 Å². The fourth-order valence-electron chi connectivity index (χ4n) is 4.25. The SMILES string of the molecule is Cc1cc(C(C(=O)Nc2c(C)cccc2C)N(C(=O)CNC(=O)OC(C)(C)C)C2CC2C)ccc1O. The van der Waals surface area contributed by atoms with E-state index in [1.165, 1.54) is 6.07 Å². The topological polar surface area (TPSA) is 108 Å². The Bertz CT molecular complexity index is 1130. The molecule has 0 radical (unpaired) electrons.